The summed E-state index contributed by atoms with van der Waals surface area (Å²) in [4.78, 5) is 4.25. The van der Waals surface area contributed by atoms with Crippen LogP contribution in [0.15, 0.2) is 24.4 Å². The van der Waals surface area contributed by atoms with Crippen LogP contribution in [0.4, 0.5) is 5.82 Å². The first-order valence-corrected chi connectivity index (χ1v) is 6.78. The Morgan fingerprint density at radius 3 is 2.78 bits per heavy atom. The van der Waals surface area contributed by atoms with Crippen molar-refractivity contribution < 1.29 is 5.11 Å². The Balaban J connectivity index is 1.89. The highest BCUT2D eigenvalue weighted by molar-refractivity contribution is 5.33. The molecule has 1 aromatic heterocycles. The monoisotopic (exact) mass is 248 g/mol. The van der Waals surface area contributed by atoms with E-state index in [1.165, 1.54) is 6.42 Å². The number of pyridine rings is 1. The van der Waals surface area contributed by atoms with Crippen LogP contribution in [0, 0.1) is 11.3 Å². The van der Waals surface area contributed by atoms with Crippen LogP contribution in [-0.2, 0) is 0 Å². The van der Waals surface area contributed by atoms with E-state index in [9.17, 15) is 5.11 Å². The number of aromatic nitrogens is 1. The molecule has 2 N–H and O–H groups in total. The van der Waals surface area contributed by atoms with Crippen molar-refractivity contribution in [2.45, 2.75) is 45.6 Å². The quantitative estimate of drug-likeness (QED) is 0.864. The summed E-state index contributed by atoms with van der Waals surface area (Å²) in [6.07, 6.45) is 4.90. The van der Waals surface area contributed by atoms with Gasteiger partial charge in [-0.1, -0.05) is 19.9 Å². The SMILES string of the molecule is CC1(C)CCC(CNc2ccccn2)CC1(C)O. The number of aliphatic hydroxyl groups is 1. The summed E-state index contributed by atoms with van der Waals surface area (Å²) >= 11 is 0. The Labute approximate surface area is 110 Å². The first-order valence-electron chi connectivity index (χ1n) is 6.78. The van der Waals surface area contributed by atoms with Gasteiger partial charge < -0.3 is 10.4 Å². The van der Waals surface area contributed by atoms with Crippen LogP contribution in [0.2, 0.25) is 0 Å². The third-order valence-corrected chi connectivity index (χ3v) is 4.56. The molecule has 3 nitrogen and oxygen atoms in total. The highest BCUT2D eigenvalue weighted by Gasteiger charge is 2.44. The molecule has 1 fully saturated rings. The molecule has 1 heterocycles. The van der Waals surface area contributed by atoms with Crippen LogP contribution in [-0.4, -0.2) is 22.2 Å². The maximum absolute atomic E-state index is 10.5. The number of anilines is 1. The van der Waals surface area contributed by atoms with Crippen molar-refractivity contribution in [1.29, 1.82) is 0 Å². The van der Waals surface area contributed by atoms with Gasteiger partial charge in [-0.3, -0.25) is 0 Å². The van der Waals surface area contributed by atoms with Crippen molar-refractivity contribution in [3.8, 4) is 0 Å². The summed E-state index contributed by atoms with van der Waals surface area (Å²) in [5, 5.41) is 13.9. The Morgan fingerprint density at radius 2 is 2.17 bits per heavy atom. The zero-order chi connectivity index (χ0) is 13.2. The summed E-state index contributed by atoms with van der Waals surface area (Å²) in [5.74, 6) is 1.44. The third kappa shape index (κ3) is 2.83. The van der Waals surface area contributed by atoms with E-state index in [-0.39, 0.29) is 5.41 Å². The lowest BCUT2D eigenvalue weighted by atomic mass is 9.63. The highest BCUT2D eigenvalue weighted by Crippen LogP contribution is 2.45. The zero-order valence-corrected chi connectivity index (χ0v) is 11.6. The largest absolute Gasteiger partial charge is 0.390 e. The fourth-order valence-corrected chi connectivity index (χ4v) is 2.67. The molecule has 100 valence electrons. The van der Waals surface area contributed by atoms with E-state index in [4.69, 9.17) is 0 Å². The fraction of sp³-hybridized carbons (Fsp3) is 0.667. The summed E-state index contributed by atoms with van der Waals surface area (Å²) < 4.78 is 0. The van der Waals surface area contributed by atoms with E-state index in [2.05, 4.69) is 24.1 Å². The molecule has 0 aliphatic heterocycles. The van der Waals surface area contributed by atoms with Gasteiger partial charge in [0.05, 0.1) is 5.60 Å². The molecule has 1 aliphatic carbocycles. The predicted octanol–water partition coefficient (Wildman–Crippen LogP) is 3.07. The molecule has 1 aromatic rings. The zero-order valence-electron chi connectivity index (χ0n) is 11.6. The first-order chi connectivity index (χ1) is 8.41. The summed E-state index contributed by atoms with van der Waals surface area (Å²) in [6, 6.07) is 5.87. The van der Waals surface area contributed by atoms with Gasteiger partial charge in [-0.15, -0.1) is 0 Å². The molecule has 2 atom stereocenters. The van der Waals surface area contributed by atoms with E-state index in [0.717, 1.165) is 25.2 Å². The Bertz CT molecular complexity index is 387. The first kappa shape index (κ1) is 13.3. The lowest BCUT2D eigenvalue weighted by Gasteiger charge is -2.47. The molecule has 0 aromatic carbocycles. The maximum Gasteiger partial charge on any atom is 0.125 e. The van der Waals surface area contributed by atoms with Gasteiger partial charge in [0.25, 0.3) is 0 Å². The van der Waals surface area contributed by atoms with Gasteiger partial charge in [0, 0.05) is 12.7 Å². The second kappa shape index (κ2) is 4.88. The molecule has 1 aliphatic rings. The van der Waals surface area contributed by atoms with Crippen LogP contribution in [0.5, 0.6) is 0 Å². The molecule has 0 radical (unpaired) electrons. The standard InChI is InChI=1S/C15H24N2O/c1-14(2)8-7-12(10-15(14,3)18)11-17-13-6-4-5-9-16-13/h4-6,9,12,18H,7-8,10-11H2,1-3H3,(H,16,17). The summed E-state index contributed by atoms with van der Waals surface area (Å²) in [5.41, 5.74) is -0.545. The van der Waals surface area contributed by atoms with Crippen molar-refractivity contribution in [2.75, 3.05) is 11.9 Å². The second-order valence-electron chi connectivity index (χ2n) is 6.36. The predicted molar refractivity (Wildman–Crippen MR) is 74.5 cm³/mol. The Kier molecular flexibility index (Phi) is 3.62. The van der Waals surface area contributed by atoms with Gasteiger partial charge in [0.1, 0.15) is 5.82 Å². The molecule has 18 heavy (non-hydrogen) atoms. The number of hydrogen-bond donors (Lipinski definition) is 2. The molecule has 0 spiro atoms. The van der Waals surface area contributed by atoms with Crippen LogP contribution in [0.1, 0.15) is 40.0 Å². The highest BCUT2D eigenvalue weighted by atomic mass is 16.3. The van der Waals surface area contributed by atoms with Crippen molar-refractivity contribution in [3.63, 3.8) is 0 Å². The van der Waals surface area contributed by atoms with Gasteiger partial charge in [-0.2, -0.15) is 0 Å². The maximum atomic E-state index is 10.5. The van der Waals surface area contributed by atoms with Crippen molar-refractivity contribution >= 4 is 5.82 Å². The molecule has 2 rings (SSSR count). The van der Waals surface area contributed by atoms with Crippen molar-refractivity contribution in [3.05, 3.63) is 24.4 Å². The molecule has 0 bridgehead atoms. The lowest BCUT2D eigenvalue weighted by Crippen LogP contribution is -2.48. The molecule has 2 unspecified atom stereocenters. The Morgan fingerprint density at radius 1 is 1.39 bits per heavy atom. The molecular weight excluding hydrogens is 224 g/mol. The molecule has 3 heteroatoms. The van der Waals surface area contributed by atoms with E-state index < -0.39 is 5.60 Å². The number of nitrogens with zero attached hydrogens (tertiary/aromatic N) is 1. The van der Waals surface area contributed by atoms with Crippen LogP contribution in [0.25, 0.3) is 0 Å². The van der Waals surface area contributed by atoms with Gasteiger partial charge in [0.2, 0.25) is 0 Å². The van der Waals surface area contributed by atoms with E-state index in [1.807, 2.05) is 25.1 Å². The minimum atomic E-state index is -0.568. The number of rotatable bonds is 3. The molecule has 0 amide bonds. The summed E-state index contributed by atoms with van der Waals surface area (Å²) in [7, 11) is 0. The van der Waals surface area contributed by atoms with Crippen molar-refractivity contribution in [1.82, 2.24) is 4.98 Å². The molecule has 0 saturated heterocycles. The molecule has 1 saturated carbocycles. The van der Waals surface area contributed by atoms with E-state index in [0.29, 0.717) is 5.92 Å². The van der Waals surface area contributed by atoms with Crippen LogP contribution < -0.4 is 5.32 Å². The fourth-order valence-electron chi connectivity index (χ4n) is 2.67. The topological polar surface area (TPSA) is 45.2 Å². The average molecular weight is 248 g/mol. The van der Waals surface area contributed by atoms with E-state index in [1.54, 1.807) is 6.20 Å². The van der Waals surface area contributed by atoms with Gasteiger partial charge >= 0.3 is 0 Å². The number of nitrogens with one attached hydrogen (secondary N) is 1. The van der Waals surface area contributed by atoms with Gasteiger partial charge in [0.15, 0.2) is 0 Å². The smallest absolute Gasteiger partial charge is 0.125 e. The number of hydrogen-bond acceptors (Lipinski definition) is 3. The second-order valence-corrected chi connectivity index (χ2v) is 6.36. The minimum absolute atomic E-state index is 0.0223. The summed E-state index contributed by atoms with van der Waals surface area (Å²) in [6.45, 7) is 7.19. The normalized spacial score (nSPS) is 31.0. The minimum Gasteiger partial charge on any atom is -0.390 e. The van der Waals surface area contributed by atoms with Gasteiger partial charge in [-0.05, 0) is 49.7 Å². The van der Waals surface area contributed by atoms with Gasteiger partial charge in [-0.25, -0.2) is 4.98 Å². The Hall–Kier alpha value is -1.09. The van der Waals surface area contributed by atoms with Crippen LogP contribution in [0.3, 0.4) is 0 Å². The average Bonchev–Trinajstić information content (AvgIpc) is 2.32. The van der Waals surface area contributed by atoms with Crippen LogP contribution >= 0.6 is 0 Å². The van der Waals surface area contributed by atoms with Crippen molar-refractivity contribution in [2.24, 2.45) is 11.3 Å². The third-order valence-electron chi connectivity index (χ3n) is 4.56. The lowest BCUT2D eigenvalue weighted by molar-refractivity contribution is -0.0961. The molecular formula is C15H24N2O. The van der Waals surface area contributed by atoms with E-state index >= 15 is 0 Å².